The molecule has 190 valence electrons. The minimum atomic E-state index is -1.06. The average molecular weight is 502 g/mol. The number of aromatic carboxylic acids is 1. The number of halogens is 1. The monoisotopic (exact) mass is 501 g/mol. The molecule has 1 amide bonds. The minimum Gasteiger partial charge on any atom is -0.478 e. The van der Waals surface area contributed by atoms with Crippen LogP contribution in [-0.4, -0.2) is 62.1 Å². The lowest BCUT2D eigenvalue weighted by atomic mass is 10.0. The highest BCUT2D eigenvalue weighted by Gasteiger charge is 2.31. The lowest BCUT2D eigenvalue weighted by Crippen LogP contribution is -2.54. The third kappa shape index (κ3) is 4.41. The number of pyridine rings is 2. The standard InChI is InChI=1S/C28H28FN5O3/c1-17(2)27(35)32-12-13-33(18(3)15-32)26-25-21(20-6-4-5-7-22(20)29)16-34(23(25)9-11-31-26)24-14-19(28(36)37)8-10-30-24/h4-11,14,16-18H,12-13,15H2,1-3H3,(H,36,37)/t18-/m0/s1. The van der Waals surface area contributed by atoms with Crippen LogP contribution >= 0.6 is 0 Å². The predicted octanol–water partition coefficient (Wildman–Crippen LogP) is 4.62. The Hall–Kier alpha value is -4.27. The van der Waals surface area contributed by atoms with Crippen LogP contribution in [0.4, 0.5) is 10.2 Å². The Morgan fingerprint density at radius 2 is 1.81 bits per heavy atom. The molecule has 1 aromatic carbocycles. The third-order valence-electron chi connectivity index (χ3n) is 6.80. The van der Waals surface area contributed by atoms with Crippen molar-refractivity contribution in [2.24, 2.45) is 5.92 Å². The molecule has 1 N–H and O–H groups in total. The molecule has 0 spiro atoms. The van der Waals surface area contributed by atoms with Crippen molar-refractivity contribution in [1.82, 2.24) is 19.4 Å². The Kier molecular flexibility index (Phi) is 6.37. The van der Waals surface area contributed by atoms with E-state index in [2.05, 4.69) is 16.8 Å². The van der Waals surface area contributed by atoms with Crippen LogP contribution in [0.5, 0.6) is 0 Å². The van der Waals surface area contributed by atoms with Crippen molar-refractivity contribution in [2.75, 3.05) is 24.5 Å². The van der Waals surface area contributed by atoms with E-state index in [1.54, 1.807) is 35.2 Å². The lowest BCUT2D eigenvalue weighted by Gasteiger charge is -2.41. The Balaban J connectivity index is 1.68. The number of carboxylic acids is 1. The first kappa shape index (κ1) is 24.4. The molecule has 5 rings (SSSR count). The van der Waals surface area contributed by atoms with Crippen molar-refractivity contribution in [2.45, 2.75) is 26.8 Å². The molecule has 9 heteroatoms. The van der Waals surface area contributed by atoms with Crippen LogP contribution in [0.2, 0.25) is 0 Å². The summed E-state index contributed by atoms with van der Waals surface area (Å²) in [7, 11) is 0. The van der Waals surface area contributed by atoms with E-state index in [0.717, 1.165) is 10.9 Å². The van der Waals surface area contributed by atoms with Gasteiger partial charge in [-0.1, -0.05) is 32.0 Å². The maximum Gasteiger partial charge on any atom is 0.335 e. The van der Waals surface area contributed by atoms with Gasteiger partial charge in [0.25, 0.3) is 0 Å². The first-order chi connectivity index (χ1) is 17.8. The molecule has 8 nitrogen and oxygen atoms in total. The Labute approximate surface area is 214 Å². The van der Waals surface area contributed by atoms with Crippen LogP contribution in [-0.2, 0) is 4.79 Å². The molecule has 0 aliphatic carbocycles. The van der Waals surface area contributed by atoms with Gasteiger partial charge in [-0.05, 0) is 31.2 Å². The van der Waals surface area contributed by atoms with Crippen molar-refractivity contribution >= 4 is 28.6 Å². The topological polar surface area (TPSA) is 91.6 Å². The number of carboxylic acid groups (broad SMARTS) is 1. The highest BCUT2D eigenvalue weighted by molar-refractivity contribution is 6.04. The van der Waals surface area contributed by atoms with E-state index in [1.807, 2.05) is 24.8 Å². The van der Waals surface area contributed by atoms with Crippen LogP contribution < -0.4 is 4.90 Å². The molecule has 4 heterocycles. The molecule has 0 radical (unpaired) electrons. The summed E-state index contributed by atoms with van der Waals surface area (Å²) in [6.07, 6.45) is 4.92. The van der Waals surface area contributed by atoms with Gasteiger partial charge < -0.3 is 19.5 Å². The van der Waals surface area contributed by atoms with Crippen LogP contribution in [0, 0.1) is 11.7 Å². The van der Waals surface area contributed by atoms with Crippen molar-refractivity contribution < 1.29 is 19.1 Å². The van der Waals surface area contributed by atoms with Gasteiger partial charge in [-0.3, -0.25) is 4.79 Å². The van der Waals surface area contributed by atoms with Gasteiger partial charge in [-0.15, -0.1) is 0 Å². The van der Waals surface area contributed by atoms with Gasteiger partial charge in [0.05, 0.1) is 16.5 Å². The average Bonchev–Trinajstić information content (AvgIpc) is 3.28. The van der Waals surface area contributed by atoms with E-state index in [1.165, 1.54) is 24.4 Å². The number of hydrogen-bond donors (Lipinski definition) is 1. The zero-order valence-corrected chi connectivity index (χ0v) is 20.9. The quantitative estimate of drug-likeness (QED) is 0.429. The molecule has 0 unspecified atom stereocenters. The first-order valence-corrected chi connectivity index (χ1v) is 12.3. The maximum absolute atomic E-state index is 15.1. The van der Waals surface area contributed by atoms with Crippen LogP contribution in [0.15, 0.2) is 61.1 Å². The molecular weight excluding hydrogens is 473 g/mol. The van der Waals surface area contributed by atoms with Gasteiger partial charge in [-0.25, -0.2) is 19.2 Å². The van der Waals surface area contributed by atoms with E-state index in [0.29, 0.717) is 42.4 Å². The number of anilines is 1. The fraction of sp³-hybridized carbons (Fsp3) is 0.286. The smallest absolute Gasteiger partial charge is 0.335 e. The summed E-state index contributed by atoms with van der Waals surface area (Å²) in [6.45, 7) is 7.57. The first-order valence-electron chi connectivity index (χ1n) is 12.3. The lowest BCUT2D eigenvalue weighted by molar-refractivity contribution is -0.135. The summed E-state index contributed by atoms with van der Waals surface area (Å²) in [6, 6.07) is 11.3. The Morgan fingerprint density at radius 3 is 2.51 bits per heavy atom. The van der Waals surface area contributed by atoms with Crippen molar-refractivity contribution in [3.63, 3.8) is 0 Å². The second-order valence-electron chi connectivity index (χ2n) is 9.61. The highest BCUT2D eigenvalue weighted by Crippen LogP contribution is 2.39. The van der Waals surface area contributed by atoms with E-state index in [4.69, 9.17) is 4.98 Å². The molecule has 1 atom stereocenters. The van der Waals surface area contributed by atoms with Crippen molar-refractivity contribution in [3.05, 3.63) is 72.4 Å². The molecule has 0 bridgehead atoms. The number of rotatable bonds is 5. The van der Waals surface area contributed by atoms with E-state index >= 15 is 4.39 Å². The molecule has 1 fully saturated rings. The van der Waals surface area contributed by atoms with Crippen molar-refractivity contribution in [1.29, 1.82) is 0 Å². The Bertz CT molecular complexity index is 1500. The van der Waals surface area contributed by atoms with E-state index in [9.17, 15) is 14.7 Å². The number of carbonyl (C=O) groups is 2. The minimum absolute atomic E-state index is 0.0140. The number of nitrogens with zero attached hydrogens (tertiary/aromatic N) is 5. The number of benzene rings is 1. The van der Waals surface area contributed by atoms with Gasteiger partial charge >= 0.3 is 5.97 Å². The molecule has 0 saturated carbocycles. The summed E-state index contributed by atoms with van der Waals surface area (Å²) < 4.78 is 16.8. The summed E-state index contributed by atoms with van der Waals surface area (Å²) in [5, 5.41) is 10.2. The second-order valence-corrected chi connectivity index (χ2v) is 9.61. The molecule has 37 heavy (non-hydrogen) atoms. The predicted molar refractivity (Wildman–Crippen MR) is 139 cm³/mol. The van der Waals surface area contributed by atoms with Gasteiger partial charge in [-0.2, -0.15) is 0 Å². The van der Waals surface area contributed by atoms with Gasteiger partial charge in [0.2, 0.25) is 5.91 Å². The fourth-order valence-electron chi connectivity index (χ4n) is 4.98. The van der Waals surface area contributed by atoms with Gasteiger partial charge in [0, 0.05) is 61.3 Å². The van der Waals surface area contributed by atoms with E-state index in [-0.39, 0.29) is 29.2 Å². The zero-order valence-electron chi connectivity index (χ0n) is 20.9. The van der Waals surface area contributed by atoms with Crippen LogP contribution in [0.25, 0.3) is 27.8 Å². The highest BCUT2D eigenvalue weighted by atomic mass is 19.1. The fourth-order valence-corrected chi connectivity index (χ4v) is 4.98. The molecule has 3 aromatic heterocycles. The summed E-state index contributed by atoms with van der Waals surface area (Å²) in [5.41, 5.74) is 1.88. The largest absolute Gasteiger partial charge is 0.478 e. The zero-order chi connectivity index (χ0) is 26.3. The second kappa shape index (κ2) is 9.65. The number of piperazine rings is 1. The van der Waals surface area contributed by atoms with Gasteiger partial charge in [0.15, 0.2) is 0 Å². The number of amides is 1. The van der Waals surface area contributed by atoms with Gasteiger partial charge in [0.1, 0.15) is 17.5 Å². The molecular formula is C28H28FN5O3. The van der Waals surface area contributed by atoms with Crippen molar-refractivity contribution in [3.8, 4) is 16.9 Å². The molecule has 4 aromatic rings. The number of aromatic nitrogens is 3. The summed E-state index contributed by atoms with van der Waals surface area (Å²) in [5.74, 6) is -0.280. The molecule has 1 aliphatic heterocycles. The Morgan fingerprint density at radius 1 is 1.05 bits per heavy atom. The molecule has 1 saturated heterocycles. The third-order valence-corrected chi connectivity index (χ3v) is 6.80. The van der Waals surface area contributed by atoms with E-state index < -0.39 is 5.97 Å². The van der Waals surface area contributed by atoms with Crippen LogP contribution in [0.1, 0.15) is 31.1 Å². The number of hydrogen-bond acceptors (Lipinski definition) is 5. The SMILES string of the molecule is CC(C)C(=O)N1CCN(c2nccc3c2c(-c2ccccc2F)cn3-c2cc(C(=O)O)ccn2)[C@@H](C)C1. The normalized spacial score (nSPS) is 16.0. The molecule has 1 aliphatic rings. The number of carbonyl (C=O) groups excluding carboxylic acids is 1. The number of fused-ring (bicyclic) bond motifs is 1. The summed E-state index contributed by atoms with van der Waals surface area (Å²) >= 11 is 0. The maximum atomic E-state index is 15.1. The summed E-state index contributed by atoms with van der Waals surface area (Å²) in [4.78, 5) is 37.4. The van der Waals surface area contributed by atoms with Crippen LogP contribution in [0.3, 0.4) is 0 Å².